The Labute approximate surface area is 174 Å². The number of esters is 1. The number of benzene rings is 2. The summed E-state index contributed by atoms with van der Waals surface area (Å²) in [4.78, 5) is 38.2. The zero-order valence-electron chi connectivity index (χ0n) is 16.4. The molecule has 1 heterocycles. The van der Waals surface area contributed by atoms with Gasteiger partial charge in [-0.05, 0) is 23.6 Å². The van der Waals surface area contributed by atoms with Gasteiger partial charge in [-0.25, -0.2) is 0 Å². The van der Waals surface area contributed by atoms with E-state index in [0.29, 0.717) is 6.54 Å². The van der Waals surface area contributed by atoms with E-state index >= 15 is 0 Å². The number of para-hydroxylation sites is 1. The summed E-state index contributed by atoms with van der Waals surface area (Å²) < 4.78 is 5.46. The lowest BCUT2D eigenvalue weighted by Gasteiger charge is -2.25. The van der Waals surface area contributed by atoms with E-state index in [-0.39, 0.29) is 24.2 Å². The molecule has 7 heteroatoms. The second-order valence-corrected chi connectivity index (χ2v) is 8.40. The van der Waals surface area contributed by atoms with Crippen molar-refractivity contribution in [1.82, 2.24) is 5.32 Å². The highest BCUT2D eigenvalue weighted by Crippen LogP contribution is 2.36. The van der Waals surface area contributed by atoms with E-state index in [9.17, 15) is 14.4 Å². The van der Waals surface area contributed by atoms with Gasteiger partial charge in [0.2, 0.25) is 5.91 Å². The predicted octanol–water partition coefficient (Wildman–Crippen LogP) is 3.37. The van der Waals surface area contributed by atoms with Crippen molar-refractivity contribution in [1.29, 1.82) is 0 Å². The van der Waals surface area contributed by atoms with Crippen LogP contribution in [0.1, 0.15) is 25.8 Å². The summed E-state index contributed by atoms with van der Waals surface area (Å²) in [6, 6.07) is 17.0. The maximum atomic E-state index is 12.5. The first-order valence-electron chi connectivity index (χ1n) is 9.51. The maximum absolute atomic E-state index is 12.5. The standard InChI is InChI=1S/C22H24N2O4S/c1-14(2)20(22(27)23-13-15-8-4-3-5-9-15)28-19(25)12-18-21(26)24-16-10-6-7-11-17(16)29-18/h3-11,14,18,20H,12-13H2,1-2H3,(H,23,27)(H,24,26). The van der Waals surface area contributed by atoms with Crippen LogP contribution in [0.2, 0.25) is 0 Å². The Kier molecular flexibility index (Phi) is 6.93. The summed E-state index contributed by atoms with van der Waals surface area (Å²) in [5, 5.41) is 5.03. The SMILES string of the molecule is CC(C)C(OC(=O)CC1Sc2ccccc2NC1=O)C(=O)NCc1ccccc1. The van der Waals surface area contributed by atoms with Crippen LogP contribution in [0.5, 0.6) is 0 Å². The first-order chi connectivity index (χ1) is 13.9. The van der Waals surface area contributed by atoms with Crippen molar-refractivity contribution < 1.29 is 19.1 Å². The van der Waals surface area contributed by atoms with Crippen molar-refractivity contribution in [3.63, 3.8) is 0 Å². The van der Waals surface area contributed by atoms with Crippen LogP contribution in [0.15, 0.2) is 59.5 Å². The van der Waals surface area contributed by atoms with E-state index in [2.05, 4.69) is 10.6 Å². The molecular formula is C22H24N2O4S. The second-order valence-electron chi connectivity index (χ2n) is 7.15. The van der Waals surface area contributed by atoms with Crippen LogP contribution in [0.4, 0.5) is 5.69 Å². The Morgan fingerprint density at radius 3 is 2.52 bits per heavy atom. The monoisotopic (exact) mass is 412 g/mol. The van der Waals surface area contributed by atoms with Gasteiger partial charge in [0.25, 0.3) is 5.91 Å². The average Bonchev–Trinajstić information content (AvgIpc) is 2.71. The van der Waals surface area contributed by atoms with Gasteiger partial charge in [-0.3, -0.25) is 14.4 Å². The number of nitrogens with one attached hydrogen (secondary N) is 2. The molecule has 0 spiro atoms. The summed E-state index contributed by atoms with van der Waals surface area (Å²) in [5.41, 5.74) is 1.70. The average molecular weight is 413 g/mol. The number of amides is 2. The fraction of sp³-hybridized carbons (Fsp3) is 0.318. The molecule has 0 bridgehead atoms. The molecule has 1 aliphatic heterocycles. The molecule has 2 aromatic carbocycles. The lowest BCUT2D eigenvalue weighted by Crippen LogP contribution is -2.41. The van der Waals surface area contributed by atoms with Crippen molar-refractivity contribution in [3.8, 4) is 0 Å². The minimum Gasteiger partial charge on any atom is -0.452 e. The largest absolute Gasteiger partial charge is 0.452 e. The molecule has 2 amide bonds. The Bertz CT molecular complexity index is 885. The number of ether oxygens (including phenoxy) is 1. The van der Waals surface area contributed by atoms with Crippen LogP contribution in [0.25, 0.3) is 0 Å². The number of hydrogen-bond acceptors (Lipinski definition) is 5. The summed E-state index contributed by atoms with van der Waals surface area (Å²) in [7, 11) is 0. The van der Waals surface area contributed by atoms with E-state index in [1.54, 1.807) is 0 Å². The highest BCUT2D eigenvalue weighted by atomic mass is 32.2. The van der Waals surface area contributed by atoms with Crippen LogP contribution < -0.4 is 10.6 Å². The lowest BCUT2D eigenvalue weighted by molar-refractivity contribution is -0.159. The number of hydrogen-bond donors (Lipinski definition) is 2. The van der Waals surface area contributed by atoms with Crippen LogP contribution >= 0.6 is 11.8 Å². The third-order valence-corrected chi connectivity index (χ3v) is 5.77. The van der Waals surface area contributed by atoms with Crippen molar-refractivity contribution in [3.05, 3.63) is 60.2 Å². The highest BCUT2D eigenvalue weighted by Gasteiger charge is 2.32. The molecule has 0 radical (unpaired) electrons. The number of thioether (sulfide) groups is 1. The van der Waals surface area contributed by atoms with Crippen molar-refractivity contribution in [2.45, 2.75) is 43.1 Å². The van der Waals surface area contributed by atoms with Gasteiger partial charge in [0, 0.05) is 11.4 Å². The fourth-order valence-corrected chi connectivity index (χ4v) is 4.04. The van der Waals surface area contributed by atoms with Gasteiger partial charge in [-0.2, -0.15) is 0 Å². The Morgan fingerprint density at radius 1 is 1.10 bits per heavy atom. The summed E-state index contributed by atoms with van der Waals surface area (Å²) in [5.74, 6) is -1.34. The Balaban J connectivity index is 1.57. The molecule has 2 aromatic rings. The normalized spacial score (nSPS) is 16.5. The van der Waals surface area contributed by atoms with Crippen LogP contribution in [0.3, 0.4) is 0 Å². The van der Waals surface area contributed by atoms with Crippen molar-refractivity contribution >= 4 is 35.2 Å². The van der Waals surface area contributed by atoms with Gasteiger partial charge in [0.15, 0.2) is 6.10 Å². The van der Waals surface area contributed by atoms with Crippen LogP contribution in [-0.2, 0) is 25.7 Å². The maximum Gasteiger partial charge on any atom is 0.308 e. The molecule has 29 heavy (non-hydrogen) atoms. The van der Waals surface area contributed by atoms with Gasteiger partial charge in [0.05, 0.1) is 17.4 Å². The number of anilines is 1. The fourth-order valence-electron chi connectivity index (χ4n) is 2.95. The van der Waals surface area contributed by atoms with Crippen LogP contribution in [-0.4, -0.2) is 29.1 Å². The van der Waals surface area contributed by atoms with E-state index < -0.39 is 17.3 Å². The third kappa shape index (κ3) is 5.60. The quantitative estimate of drug-likeness (QED) is 0.681. The van der Waals surface area contributed by atoms with Gasteiger partial charge in [-0.1, -0.05) is 56.3 Å². The summed E-state index contributed by atoms with van der Waals surface area (Å²) in [6.45, 7) is 3.99. The molecule has 6 nitrogen and oxygen atoms in total. The molecule has 0 aliphatic carbocycles. The molecule has 0 fully saturated rings. The number of fused-ring (bicyclic) bond motifs is 1. The van der Waals surface area contributed by atoms with E-state index in [4.69, 9.17) is 4.74 Å². The molecule has 0 saturated carbocycles. The molecule has 0 saturated heterocycles. The van der Waals surface area contributed by atoms with Gasteiger partial charge in [0.1, 0.15) is 0 Å². The number of carbonyl (C=O) groups excluding carboxylic acids is 3. The van der Waals surface area contributed by atoms with Crippen LogP contribution in [0, 0.1) is 5.92 Å². The predicted molar refractivity (Wildman–Crippen MR) is 112 cm³/mol. The Hall–Kier alpha value is -2.80. The smallest absolute Gasteiger partial charge is 0.308 e. The van der Waals surface area contributed by atoms with E-state index in [1.807, 2.05) is 68.4 Å². The minimum atomic E-state index is -0.907. The zero-order valence-corrected chi connectivity index (χ0v) is 17.2. The first-order valence-corrected chi connectivity index (χ1v) is 10.4. The van der Waals surface area contributed by atoms with Gasteiger partial charge in [-0.15, -0.1) is 11.8 Å². The Morgan fingerprint density at radius 2 is 1.79 bits per heavy atom. The summed E-state index contributed by atoms with van der Waals surface area (Å²) in [6.07, 6.45) is -1.00. The molecular weight excluding hydrogens is 388 g/mol. The molecule has 1 aliphatic rings. The topological polar surface area (TPSA) is 84.5 Å². The molecule has 152 valence electrons. The van der Waals surface area contributed by atoms with E-state index in [1.165, 1.54) is 11.8 Å². The second kappa shape index (κ2) is 9.60. The molecule has 2 unspecified atom stereocenters. The van der Waals surface area contributed by atoms with Gasteiger partial charge < -0.3 is 15.4 Å². The first kappa shape index (κ1) is 20.9. The number of rotatable bonds is 7. The zero-order chi connectivity index (χ0) is 20.8. The molecule has 2 atom stereocenters. The van der Waals surface area contributed by atoms with Gasteiger partial charge >= 0.3 is 5.97 Å². The highest BCUT2D eigenvalue weighted by molar-refractivity contribution is 8.01. The summed E-state index contributed by atoms with van der Waals surface area (Å²) >= 11 is 1.33. The number of carbonyl (C=O) groups is 3. The van der Waals surface area contributed by atoms with Crippen molar-refractivity contribution in [2.75, 3.05) is 5.32 Å². The lowest BCUT2D eigenvalue weighted by atomic mass is 10.1. The van der Waals surface area contributed by atoms with E-state index in [0.717, 1.165) is 16.1 Å². The third-order valence-electron chi connectivity index (χ3n) is 4.49. The molecule has 3 rings (SSSR count). The molecule has 0 aromatic heterocycles. The molecule has 2 N–H and O–H groups in total. The minimum absolute atomic E-state index is 0.0972. The van der Waals surface area contributed by atoms with Crippen molar-refractivity contribution in [2.24, 2.45) is 5.92 Å².